The lowest BCUT2D eigenvalue weighted by molar-refractivity contribution is 0.529. The van der Waals surface area contributed by atoms with Crippen molar-refractivity contribution in [2.24, 2.45) is 0 Å². The van der Waals surface area contributed by atoms with Gasteiger partial charge in [-0.3, -0.25) is 0 Å². The number of anilines is 1. The van der Waals surface area contributed by atoms with E-state index in [1.807, 2.05) is 6.07 Å². The molecule has 2 aromatic rings. The van der Waals surface area contributed by atoms with Crippen LogP contribution in [0.25, 0.3) is 0 Å². The maximum absolute atomic E-state index is 13.6. The number of rotatable bonds is 2. The molecule has 0 bridgehead atoms. The van der Waals surface area contributed by atoms with E-state index in [-0.39, 0.29) is 11.9 Å². The van der Waals surface area contributed by atoms with Gasteiger partial charge in [-0.25, -0.2) is 4.39 Å². The third kappa shape index (κ3) is 3.22. The minimum Gasteiger partial charge on any atom is -0.356 e. The number of benzene rings is 2. The molecule has 2 nitrogen and oxygen atoms in total. The highest BCUT2D eigenvalue weighted by molar-refractivity contribution is 7.80. The van der Waals surface area contributed by atoms with Crippen LogP contribution in [0.1, 0.15) is 30.0 Å². The Labute approximate surface area is 129 Å². The predicted octanol–water partition coefficient (Wildman–Crippen LogP) is 4.19. The summed E-state index contributed by atoms with van der Waals surface area (Å²) in [5.41, 5.74) is 3.07. The van der Waals surface area contributed by atoms with Crippen molar-refractivity contribution in [1.29, 1.82) is 0 Å². The summed E-state index contributed by atoms with van der Waals surface area (Å²) in [5, 5.41) is 6.70. The normalized spacial score (nSPS) is 16.9. The maximum Gasteiger partial charge on any atom is 0.171 e. The highest BCUT2D eigenvalue weighted by Gasteiger charge is 2.20. The third-order valence-electron chi connectivity index (χ3n) is 3.80. The van der Waals surface area contributed by atoms with Crippen LogP contribution in [0.15, 0.2) is 48.5 Å². The molecule has 0 radical (unpaired) electrons. The summed E-state index contributed by atoms with van der Waals surface area (Å²) in [5.74, 6) is -0.300. The van der Waals surface area contributed by atoms with Crippen molar-refractivity contribution in [1.82, 2.24) is 5.32 Å². The minimum absolute atomic E-state index is 0.196. The van der Waals surface area contributed by atoms with Gasteiger partial charge in [-0.1, -0.05) is 36.4 Å². The summed E-state index contributed by atoms with van der Waals surface area (Å²) in [4.78, 5) is 0. The molecule has 0 amide bonds. The van der Waals surface area contributed by atoms with E-state index in [2.05, 4.69) is 28.8 Å². The van der Waals surface area contributed by atoms with Gasteiger partial charge in [0.2, 0.25) is 0 Å². The van der Waals surface area contributed by atoms with E-state index in [0.29, 0.717) is 10.8 Å². The van der Waals surface area contributed by atoms with Crippen LogP contribution >= 0.6 is 12.2 Å². The van der Waals surface area contributed by atoms with Crippen molar-refractivity contribution >= 4 is 23.0 Å². The fourth-order valence-corrected chi connectivity index (χ4v) is 3.04. The molecule has 21 heavy (non-hydrogen) atoms. The molecular weight excluding hydrogens is 283 g/mol. The van der Waals surface area contributed by atoms with E-state index in [1.54, 1.807) is 18.2 Å². The van der Waals surface area contributed by atoms with E-state index >= 15 is 0 Å². The van der Waals surface area contributed by atoms with E-state index < -0.39 is 0 Å². The van der Waals surface area contributed by atoms with Gasteiger partial charge < -0.3 is 10.6 Å². The predicted molar refractivity (Wildman–Crippen MR) is 87.9 cm³/mol. The average molecular weight is 300 g/mol. The first kappa shape index (κ1) is 14.0. The summed E-state index contributed by atoms with van der Waals surface area (Å²) in [7, 11) is 0. The standard InChI is InChI=1S/C17H17FN2S/c18-14-9-3-4-10-16(14)20-17(21)19-15-11-5-7-12-6-1-2-8-13(12)15/h1-4,6,8-10,15H,5,7,11H2,(H2,19,20,21)/t15-/m1/s1. The smallest absolute Gasteiger partial charge is 0.171 e. The Morgan fingerprint density at radius 2 is 1.86 bits per heavy atom. The monoisotopic (exact) mass is 300 g/mol. The SMILES string of the molecule is Fc1ccccc1NC(=S)N[C@@H]1CCCc2ccccc21. The molecule has 0 unspecified atom stereocenters. The van der Waals surface area contributed by atoms with Crippen molar-refractivity contribution in [2.45, 2.75) is 25.3 Å². The summed E-state index contributed by atoms with van der Waals surface area (Å²) in [6, 6.07) is 15.1. The van der Waals surface area contributed by atoms with Gasteiger partial charge in [0.05, 0.1) is 11.7 Å². The molecule has 2 N–H and O–H groups in total. The van der Waals surface area contributed by atoms with Gasteiger partial charge in [0.25, 0.3) is 0 Å². The molecule has 0 fully saturated rings. The molecule has 4 heteroatoms. The first-order valence-corrected chi connectivity index (χ1v) is 7.55. The fraction of sp³-hybridized carbons (Fsp3) is 0.235. The molecule has 0 aliphatic heterocycles. The van der Waals surface area contributed by atoms with E-state index in [9.17, 15) is 4.39 Å². The van der Waals surface area contributed by atoms with Gasteiger partial charge in [-0.05, 0) is 54.7 Å². The number of fused-ring (bicyclic) bond motifs is 1. The second-order valence-electron chi connectivity index (χ2n) is 5.22. The summed E-state index contributed by atoms with van der Waals surface area (Å²) in [6.45, 7) is 0. The maximum atomic E-state index is 13.6. The molecule has 0 heterocycles. The Morgan fingerprint density at radius 1 is 1.10 bits per heavy atom. The van der Waals surface area contributed by atoms with Crippen LogP contribution in [0.5, 0.6) is 0 Å². The molecule has 0 spiro atoms. The number of hydrogen-bond acceptors (Lipinski definition) is 1. The van der Waals surface area contributed by atoms with Crippen LogP contribution in [-0.2, 0) is 6.42 Å². The molecule has 1 aliphatic carbocycles. The highest BCUT2D eigenvalue weighted by atomic mass is 32.1. The molecular formula is C17H17FN2S. The Hall–Kier alpha value is -1.94. The lowest BCUT2D eigenvalue weighted by atomic mass is 9.88. The lowest BCUT2D eigenvalue weighted by Crippen LogP contribution is -2.34. The molecule has 0 saturated heterocycles. The average Bonchev–Trinajstić information content (AvgIpc) is 2.50. The second-order valence-corrected chi connectivity index (χ2v) is 5.63. The lowest BCUT2D eigenvalue weighted by Gasteiger charge is -2.27. The van der Waals surface area contributed by atoms with Crippen molar-refractivity contribution in [3.05, 3.63) is 65.5 Å². The minimum atomic E-state index is -0.300. The van der Waals surface area contributed by atoms with Gasteiger partial charge in [0, 0.05) is 0 Å². The number of para-hydroxylation sites is 1. The largest absolute Gasteiger partial charge is 0.356 e. The van der Waals surface area contributed by atoms with Crippen LogP contribution in [0.2, 0.25) is 0 Å². The third-order valence-corrected chi connectivity index (χ3v) is 4.02. The molecule has 2 aromatic carbocycles. The number of hydrogen-bond donors (Lipinski definition) is 2. The molecule has 0 aromatic heterocycles. The van der Waals surface area contributed by atoms with Gasteiger partial charge in [0.1, 0.15) is 5.82 Å². The molecule has 3 rings (SSSR count). The summed E-state index contributed by atoms with van der Waals surface area (Å²) in [6.07, 6.45) is 3.29. The topological polar surface area (TPSA) is 24.1 Å². The fourth-order valence-electron chi connectivity index (χ4n) is 2.78. The highest BCUT2D eigenvalue weighted by Crippen LogP contribution is 2.29. The van der Waals surface area contributed by atoms with E-state index in [4.69, 9.17) is 12.2 Å². The van der Waals surface area contributed by atoms with Gasteiger partial charge in [-0.15, -0.1) is 0 Å². The van der Waals surface area contributed by atoms with Crippen LogP contribution in [0.4, 0.5) is 10.1 Å². The van der Waals surface area contributed by atoms with Crippen LogP contribution in [-0.4, -0.2) is 5.11 Å². The van der Waals surface area contributed by atoms with Gasteiger partial charge in [0.15, 0.2) is 5.11 Å². The first-order valence-electron chi connectivity index (χ1n) is 7.14. The number of nitrogens with one attached hydrogen (secondary N) is 2. The summed E-state index contributed by atoms with van der Waals surface area (Å²) < 4.78 is 13.6. The van der Waals surface area contributed by atoms with Crippen molar-refractivity contribution in [3.63, 3.8) is 0 Å². The van der Waals surface area contributed by atoms with E-state index in [1.165, 1.54) is 17.2 Å². The van der Waals surface area contributed by atoms with Crippen LogP contribution in [0, 0.1) is 5.82 Å². The number of thiocarbonyl (C=S) groups is 1. The molecule has 108 valence electrons. The molecule has 1 aliphatic rings. The van der Waals surface area contributed by atoms with Crippen molar-refractivity contribution < 1.29 is 4.39 Å². The zero-order valence-electron chi connectivity index (χ0n) is 11.6. The Balaban J connectivity index is 1.70. The van der Waals surface area contributed by atoms with Crippen LogP contribution in [0.3, 0.4) is 0 Å². The van der Waals surface area contributed by atoms with Crippen molar-refractivity contribution in [2.75, 3.05) is 5.32 Å². The van der Waals surface area contributed by atoms with Gasteiger partial charge in [-0.2, -0.15) is 0 Å². The Bertz CT molecular complexity index is 657. The number of halogens is 1. The molecule has 1 atom stereocenters. The second kappa shape index (κ2) is 6.22. The van der Waals surface area contributed by atoms with E-state index in [0.717, 1.165) is 19.3 Å². The van der Waals surface area contributed by atoms with Crippen LogP contribution < -0.4 is 10.6 Å². The Morgan fingerprint density at radius 3 is 2.71 bits per heavy atom. The van der Waals surface area contributed by atoms with Gasteiger partial charge >= 0.3 is 0 Å². The number of aryl methyl sites for hydroxylation is 1. The Kier molecular flexibility index (Phi) is 4.15. The quantitative estimate of drug-likeness (QED) is 0.813. The zero-order chi connectivity index (χ0) is 14.7. The van der Waals surface area contributed by atoms with Crippen molar-refractivity contribution in [3.8, 4) is 0 Å². The first-order chi connectivity index (χ1) is 10.2. The summed E-state index contributed by atoms with van der Waals surface area (Å²) >= 11 is 5.32. The molecule has 0 saturated carbocycles. The zero-order valence-corrected chi connectivity index (χ0v) is 12.4.